The van der Waals surface area contributed by atoms with Crippen molar-refractivity contribution in [2.75, 3.05) is 11.1 Å². The molecule has 7 nitrogen and oxygen atoms in total. The van der Waals surface area contributed by atoms with Crippen molar-refractivity contribution >= 4 is 29.1 Å². The van der Waals surface area contributed by atoms with Gasteiger partial charge in [0.25, 0.3) is 5.91 Å². The van der Waals surface area contributed by atoms with Crippen LogP contribution in [0.1, 0.15) is 10.4 Å². The zero-order chi connectivity index (χ0) is 11.5. The van der Waals surface area contributed by atoms with Crippen molar-refractivity contribution < 1.29 is 4.79 Å². The van der Waals surface area contributed by atoms with E-state index in [2.05, 4.69) is 25.9 Å². The standard InChI is InChI=1S/C8H7ClN6O/c9-4-1-2-6(10)5(3-4)7(16)11-8-12-14-15-13-8/h1-3H,10H2,(H2,11,12,13,14,15,16). The molecule has 0 saturated carbocycles. The van der Waals surface area contributed by atoms with E-state index in [1.165, 1.54) is 6.07 Å². The number of rotatable bonds is 2. The van der Waals surface area contributed by atoms with Crippen LogP contribution in [0.5, 0.6) is 0 Å². The summed E-state index contributed by atoms with van der Waals surface area (Å²) >= 11 is 5.76. The van der Waals surface area contributed by atoms with Crippen LogP contribution in [0.3, 0.4) is 0 Å². The molecule has 0 aliphatic heterocycles. The molecular weight excluding hydrogens is 232 g/mol. The van der Waals surface area contributed by atoms with E-state index in [4.69, 9.17) is 17.3 Å². The summed E-state index contributed by atoms with van der Waals surface area (Å²) in [5.41, 5.74) is 6.23. The van der Waals surface area contributed by atoms with Gasteiger partial charge in [-0.05, 0) is 28.6 Å². The number of aromatic nitrogens is 4. The molecule has 8 heteroatoms. The van der Waals surface area contributed by atoms with Crippen LogP contribution in [0, 0.1) is 0 Å². The Hall–Kier alpha value is -2.15. The van der Waals surface area contributed by atoms with Gasteiger partial charge in [0, 0.05) is 10.7 Å². The summed E-state index contributed by atoms with van der Waals surface area (Å²) in [4.78, 5) is 11.7. The monoisotopic (exact) mass is 238 g/mol. The molecule has 0 atom stereocenters. The molecular formula is C8H7ClN6O. The Kier molecular flexibility index (Phi) is 2.69. The van der Waals surface area contributed by atoms with Gasteiger partial charge in [0.1, 0.15) is 0 Å². The molecule has 2 aromatic rings. The number of nitrogen functional groups attached to an aromatic ring is 1. The maximum Gasteiger partial charge on any atom is 0.260 e. The first-order chi connectivity index (χ1) is 7.66. The zero-order valence-electron chi connectivity index (χ0n) is 7.94. The predicted molar refractivity (Wildman–Crippen MR) is 58.0 cm³/mol. The Morgan fingerprint density at radius 3 is 3.00 bits per heavy atom. The number of hydrogen-bond donors (Lipinski definition) is 3. The SMILES string of the molecule is Nc1ccc(Cl)cc1C(=O)Nc1nnn[nH]1. The largest absolute Gasteiger partial charge is 0.398 e. The van der Waals surface area contributed by atoms with Gasteiger partial charge in [-0.1, -0.05) is 16.7 Å². The molecule has 1 aromatic carbocycles. The lowest BCUT2D eigenvalue weighted by atomic mass is 10.1. The summed E-state index contributed by atoms with van der Waals surface area (Å²) in [6, 6.07) is 4.62. The van der Waals surface area contributed by atoms with E-state index in [0.29, 0.717) is 10.7 Å². The predicted octanol–water partition coefficient (Wildman–Crippen LogP) is 0.688. The van der Waals surface area contributed by atoms with Crippen molar-refractivity contribution in [1.29, 1.82) is 0 Å². The van der Waals surface area contributed by atoms with Gasteiger partial charge in [-0.15, -0.1) is 0 Å². The minimum Gasteiger partial charge on any atom is -0.398 e. The highest BCUT2D eigenvalue weighted by atomic mass is 35.5. The molecule has 0 bridgehead atoms. The Morgan fingerprint density at radius 1 is 1.50 bits per heavy atom. The van der Waals surface area contributed by atoms with Crippen molar-refractivity contribution in [3.05, 3.63) is 28.8 Å². The number of nitrogens with two attached hydrogens (primary N) is 1. The van der Waals surface area contributed by atoms with E-state index in [9.17, 15) is 4.79 Å². The normalized spacial score (nSPS) is 10.1. The molecule has 0 aliphatic carbocycles. The fourth-order valence-electron chi connectivity index (χ4n) is 1.11. The molecule has 1 amide bonds. The number of halogens is 1. The first kappa shape index (κ1) is 10.4. The second-order valence-electron chi connectivity index (χ2n) is 2.94. The molecule has 1 heterocycles. The highest BCUT2D eigenvalue weighted by Gasteiger charge is 2.11. The number of H-pyrrole nitrogens is 1. The van der Waals surface area contributed by atoms with Crippen LogP contribution >= 0.6 is 11.6 Å². The molecule has 16 heavy (non-hydrogen) atoms. The number of hydrogen-bond acceptors (Lipinski definition) is 5. The van der Waals surface area contributed by atoms with Crippen LogP contribution in [0.25, 0.3) is 0 Å². The maximum absolute atomic E-state index is 11.7. The number of carbonyl (C=O) groups is 1. The van der Waals surface area contributed by atoms with Gasteiger partial charge in [-0.25, -0.2) is 5.10 Å². The summed E-state index contributed by atoms with van der Waals surface area (Å²) in [5.74, 6) is -0.289. The lowest BCUT2D eigenvalue weighted by Gasteiger charge is -2.04. The average Bonchev–Trinajstić information content (AvgIpc) is 2.74. The van der Waals surface area contributed by atoms with E-state index in [1.54, 1.807) is 12.1 Å². The number of anilines is 2. The highest BCUT2D eigenvalue weighted by molar-refractivity contribution is 6.31. The van der Waals surface area contributed by atoms with Crippen LogP contribution in [-0.4, -0.2) is 26.5 Å². The van der Waals surface area contributed by atoms with E-state index in [0.717, 1.165) is 0 Å². The first-order valence-electron chi connectivity index (χ1n) is 4.27. The smallest absolute Gasteiger partial charge is 0.260 e. The van der Waals surface area contributed by atoms with E-state index < -0.39 is 5.91 Å². The van der Waals surface area contributed by atoms with Gasteiger partial charge in [0.05, 0.1) is 5.56 Å². The van der Waals surface area contributed by atoms with Gasteiger partial charge in [-0.2, -0.15) is 0 Å². The molecule has 0 saturated heterocycles. The molecule has 0 fully saturated rings. The molecule has 1 aromatic heterocycles. The molecule has 4 N–H and O–H groups in total. The molecule has 0 unspecified atom stereocenters. The molecule has 82 valence electrons. The number of benzene rings is 1. The fraction of sp³-hybridized carbons (Fsp3) is 0. The van der Waals surface area contributed by atoms with Gasteiger partial charge in [0.2, 0.25) is 5.95 Å². The topological polar surface area (TPSA) is 110 Å². The number of tetrazole rings is 1. The number of nitrogens with zero attached hydrogens (tertiary/aromatic N) is 3. The second-order valence-corrected chi connectivity index (χ2v) is 3.37. The Balaban J connectivity index is 2.24. The first-order valence-corrected chi connectivity index (χ1v) is 4.64. The van der Waals surface area contributed by atoms with Gasteiger partial charge in [0.15, 0.2) is 0 Å². The number of aromatic amines is 1. The summed E-state index contributed by atoms with van der Waals surface area (Å²) in [7, 11) is 0. The zero-order valence-corrected chi connectivity index (χ0v) is 8.69. The van der Waals surface area contributed by atoms with E-state index in [-0.39, 0.29) is 11.5 Å². The fourth-order valence-corrected chi connectivity index (χ4v) is 1.28. The van der Waals surface area contributed by atoms with Crippen LogP contribution < -0.4 is 11.1 Å². The van der Waals surface area contributed by atoms with Crippen LogP contribution in [0.4, 0.5) is 11.6 Å². The van der Waals surface area contributed by atoms with Gasteiger partial charge < -0.3 is 5.73 Å². The van der Waals surface area contributed by atoms with E-state index >= 15 is 0 Å². The summed E-state index contributed by atoms with van der Waals surface area (Å²) < 4.78 is 0. The van der Waals surface area contributed by atoms with Crippen LogP contribution in [0.2, 0.25) is 5.02 Å². The second kappa shape index (κ2) is 4.15. The van der Waals surface area contributed by atoms with Crippen molar-refractivity contribution in [2.45, 2.75) is 0 Å². The number of amides is 1. The highest BCUT2D eigenvalue weighted by Crippen LogP contribution is 2.18. The molecule has 0 radical (unpaired) electrons. The maximum atomic E-state index is 11.7. The molecule has 0 spiro atoms. The van der Waals surface area contributed by atoms with Gasteiger partial charge in [-0.3, -0.25) is 10.1 Å². The quantitative estimate of drug-likeness (QED) is 0.667. The van der Waals surface area contributed by atoms with Crippen LogP contribution in [-0.2, 0) is 0 Å². The number of carbonyl (C=O) groups excluding carboxylic acids is 1. The van der Waals surface area contributed by atoms with Crippen molar-refractivity contribution in [2.24, 2.45) is 0 Å². The average molecular weight is 239 g/mol. The summed E-state index contributed by atoms with van der Waals surface area (Å²) in [6.07, 6.45) is 0. The Bertz CT molecular complexity index is 511. The van der Waals surface area contributed by atoms with Crippen LogP contribution in [0.15, 0.2) is 18.2 Å². The Morgan fingerprint density at radius 2 is 2.31 bits per heavy atom. The third-order valence-electron chi connectivity index (χ3n) is 1.84. The third-order valence-corrected chi connectivity index (χ3v) is 2.07. The van der Waals surface area contributed by atoms with Crippen molar-refractivity contribution in [3.63, 3.8) is 0 Å². The summed E-state index contributed by atoms with van der Waals surface area (Å²) in [6.45, 7) is 0. The summed E-state index contributed by atoms with van der Waals surface area (Å²) in [5, 5.41) is 15.4. The minimum absolute atomic E-state index is 0.143. The van der Waals surface area contributed by atoms with E-state index in [1.807, 2.05) is 0 Å². The molecule has 2 rings (SSSR count). The lowest BCUT2D eigenvalue weighted by molar-refractivity contribution is 0.102. The van der Waals surface area contributed by atoms with Crippen molar-refractivity contribution in [1.82, 2.24) is 20.6 Å². The Labute approximate surface area is 95.0 Å². The number of nitrogens with one attached hydrogen (secondary N) is 2. The van der Waals surface area contributed by atoms with Gasteiger partial charge >= 0.3 is 0 Å². The van der Waals surface area contributed by atoms with Crippen molar-refractivity contribution in [3.8, 4) is 0 Å². The third kappa shape index (κ3) is 2.09. The minimum atomic E-state index is -0.432. The molecule has 0 aliphatic rings. The lowest BCUT2D eigenvalue weighted by Crippen LogP contribution is -2.15.